The third kappa shape index (κ3) is 4.36. The van der Waals surface area contributed by atoms with Crippen LogP contribution >= 0.6 is 7.82 Å². The Balaban J connectivity index is 2.10. The molecule has 9 atom stereocenters. The number of phosphoric acid groups is 1. The lowest BCUT2D eigenvalue weighted by atomic mass is 10.1. The highest BCUT2D eigenvalue weighted by atomic mass is 31.2. The third-order valence-electron chi connectivity index (χ3n) is 3.86. The summed E-state index contributed by atoms with van der Waals surface area (Å²) in [4.78, 5) is 9.78. The smallest absolute Gasteiger partial charge is 0.394 e. The van der Waals surface area contributed by atoms with E-state index in [1.165, 1.54) is 0 Å². The van der Waals surface area contributed by atoms with Crippen LogP contribution in [0.2, 0.25) is 0 Å². The molecule has 148 valence electrons. The average molecular weight is 392 g/mol. The monoisotopic (exact) mass is 392 g/mol. The molecule has 0 aromatic carbocycles. The Hall–Kier alpha value is -0.250. The molecule has 2 saturated heterocycles. The number of hydrogen-bond acceptors (Lipinski definition) is 12. The van der Waals surface area contributed by atoms with Gasteiger partial charge < -0.3 is 50.1 Å². The van der Waals surface area contributed by atoms with Crippen LogP contribution in [0.15, 0.2) is 0 Å². The minimum Gasteiger partial charge on any atom is -0.394 e. The van der Waals surface area contributed by atoms with E-state index >= 15 is 0 Å². The highest BCUT2D eigenvalue weighted by Gasteiger charge is 2.56. The van der Waals surface area contributed by atoms with Gasteiger partial charge in [-0.05, 0) is 0 Å². The second-order valence-corrected chi connectivity index (χ2v) is 7.04. The van der Waals surface area contributed by atoms with Crippen molar-refractivity contribution in [2.24, 2.45) is 0 Å². The Kier molecular flexibility index (Phi) is 6.55. The molecular formula is C11H21O13P. The first-order valence-corrected chi connectivity index (χ1v) is 8.69. The Labute approximate surface area is 141 Å². The van der Waals surface area contributed by atoms with E-state index in [1.54, 1.807) is 0 Å². The van der Waals surface area contributed by atoms with Crippen LogP contribution in [0.5, 0.6) is 0 Å². The Bertz CT molecular complexity index is 504. The fourth-order valence-electron chi connectivity index (χ4n) is 2.48. The molecule has 0 aromatic rings. The molecule has 0 amide bonds. The molecular weight excluding hydrogens is 371 g/mol. The predicted octanol–water partition coefficient (Wildman–Crippen LogP) is -4.64. The van der Waals surface area contributed by atoms with Crippen molar-refractivity contribution in [2.45, 2.75) is 48.7 Å². The van der Waals surface area contributed by atoms with E-state index in [1.807, 2.05) is 0 Å². The summed E-state index contributed by atoms with van der Waals surface area (Å²) in [6, 6.07) is 0. The fraction of sp³-hybridized carbons (Fsp3) is 1.00. The van der Waals surface area contributed by atoms with E-state index in [2.05, 4.69) is 13.8 Å². The minimum absolute atomic E-state index is 0.440. The molecule has 2 unspecified atom stereocenters. The topological polar surface area (TPSA) is 216 Å². The van der Waals surface area contributed by atoms with Crippen molar-refractivity contribution in [3.63, 3.8) is 0 Å². The van der Waals surface area contributed by atoms with Crippen LogP contribution in [0, 0.1) is 0 Å². The summed E-state index contributed by atoms with van der Waals surface area (Å²) in [5, 5.41) is 66.6. The lowest BCUT2D eigenvalue weighted by molar-refractivity contribution is -0.249. The molecule has 2 aliphatic rings. The maximum Gasteiger partial charge on any atom is 0.473 e. The summed E-state index contributed by atoms with van der Waals surface area (Å²) in [7, 11) is -5.12. The van der Waals surface area contributed by atoms with Gasteiger partial charge in [-0.1, -0.05) is 0 Å². The number of ether oxygens (including phenoxy) is 2. The highest BCUT2D eigenvalue weighted by Crippen LogP contribution is 2.50. The molecule has 2 fully saturated rings. The van der Waals surface area contributed by atoms with E-state index in [9.17, 15) is 35.0 Å². The Morgan fingerprint density at radius 2 is 1.72 bits per heavy atom. The molecule has 14 heteroatoms. The maximum atomic E-state index is 12.1. The number of aliphatic hydroxyl groups is 7. The van der Waals surface area contributed by atoms with E-state index < -0.39 is 76.3 Å². The quantitative estimate of drug-likeness (QED) is 0.200. The zero-order valence-corrected chi connectivity index (χ0v) is 13.6. The standard InChI is InChI=1S/C11H21O13P/c12-1-5-7(9(16)11(18,3-13)22-5)23-25(19,20)24-8-6(15)4(14)2-21-10(8)17/h4-10,12-18H,1-3H2,(H,19,20)/t4-,5+,6-,7+,8+,9-,10?,11+/m0/s1. The van der Waals surface area contributed by atoms with Crippen molar-refractivity contribution in [3.8, 4) is 0 Å². The van der Waals surface area contributed by atoms with Crippen LogP contribution in [-0.4, -0.2) is 109 Å². The second-order valence-electron chi connectivity index (χ2n) is 5.68. The van der Waals surface area contributed by atoms with Crippen LogP contribution < -0.4 is 0 Å². The molecule has 0 saturated carbocycles. The van der Waals surface area contributed by atoms with Crippen LogP contribution in [0.25, 0.3) is 0 Å². The molecule has 0 radical (unpaired) electrons. The summed E-state index contributed by atoms with van der Waals surface area (Å²) in [6.45, 7) is -2.38. The molecule has 0 bridgehead atoms. The minimum atomic E-state index is -5.12. The molecule has 0 aliphatic carbocycles. The number of aliphatic hydroxyl groups excluding tert-OH is 6. The van der Waals surface area contributed by atoms with Crippen molar-refractivity contribution in [3.05, 3.63) is 0 Å². The Morgan fingerprint density at radius 1 is 1.12 bits per heavy atom. The Morgan fingerprint density at radius 3 is 2.28 bits per heavy atom. The first kappa shape index (κ1) is 21.1. The van der Waals surface area contributed by atoms with Gasteiger partial charge in [0.25, 0.3) is 0 Å². The predicted molar refractivity (Wildman–Crippen MR) is 73.5 cm³/mol. The van der Waals surface area contributed by atoms with Gasteiger partial charge >= 0.3 is 7.82 Å². The van der Waals surface area contributed by atoms with Crippen molar-refractivity contribution in [1.82, 2.24) is 0 Å². The molecule has 2 aliphatic heterocycles. The zero-order valence-electron chi connectivity index (χ0n) is 12.7. The van der Waals surface area contributed by atoms with Crippen molar-refractivity contribution < 1.29 is 63.7 Å². The molecule has 2 rings (SSSR count). The normalized spacial score (nSPS) is 47.6. The van der Waals surface area contributed by atoms with Gasteiger partial charge in [0.1, 0.15) is 36.6 Å². The number of rotatable bonds is 6. The van der Waals surface area contributed by atoms with Crippen LogP contribution in [0.3, 0.4) is 0 Å². The summed E-state index contributed by atoms with van der Waals surface area (Å²) in [6.07, 6.45) is -12.3. The largest absolute Gasteiger partial charge is 0.473 e. The molecule has 13 nitrogen and oxygen atoms in total. The molecule has 0 spiro atoms. The summed E-state index contributed by atoms with van der Waals surface area (Å²) >= 11 is 0. The van der Waals surface area contributed by atoms with Crippen LogP contribution in [-0.2, 0) is 23.1 Å². The maximum absolute atomic E-state index is 12.1. The summed E-state index contributed by atoms with van der Waals surface area (Å²) in [5.41, 5.74) is 0. The van der Waals surface area contributed by atoms with Crippen molar-refractivity contribution in [1.29, 1.82) is 0 Å². The van der Waals surface area contributed by atoms with Crippen LogP contribution in [0.1, 0.15) is 0 Å². The summed E-state index contributed by atoms with van der Waals surface area (Å²) in [5.74, 6) is -2.54. The van der Waals surface area contributed by atoms with Gasteiger partial charge in [0.15, 0.2) is 6.29 Å². The first-order chi connectivity index (χ1) is 11.5. The van der Waals surface area contributed by atoms with Gasteiger partial charge in [0, 0.05) is 0 Å². The summed E-state index contributed by atoms with van der Waals surface area (Å²) < 4.78 is 30.8. The molecule has 0 aromatic heterocycles. The highest BCUT2D eigenvalue weighted by molar-refractivity contribution is 7.47. The lowest BCUT2D eigenvalue weighted by Gasteiger charge is -2.36. The van der Waals surface area contributed by atoms with E-state index in [0.717, 1.165) is 0 Å². The van der Waals surface area contributed by atoms with E-state index in [-0.39, 0.29) is 0 Å². The van der Waals surface area contributed by atoms with Crippen LogP contribution in [0.4, 0.5) is 0 Å². The van der Waals surface area contributed by atoms with Crippen molar-refractivity contribution >= 4 is 7.82 Å². The van der Waals surface area contributed by atoms with Gasteiger partial charge in [-0.2, -0.15) is 0 Å². The van der Waals surface area contributed by atoms with Gasteiger partial charge in [-0.25, -0.2) is 4.57 Å². The molecule has 8 N–H and O–H groups in total. The van der Waals surface area contributed by atoms with Gasteiger partial charge in [-0.15, -0.1) is 0 Å². The lowest BCUT2D eigenvalue weighted by Crippen LogP contribution is -2.53. The third-order valence-corrected chi connectivity index (χ3v) is 4.88. The van der Waals surface area contributed by atoms with Gasteiger partial charge in [0.2, 0.25) is 5.79 Å². The van der Waals surface area contributed by atoms with Crippen molar-refractivity contribution in [2.75, 3.05) is 19.8 Å². The van der Waals surface area contributed by atoms with Gasteiger partial charge in [-0.3, -0.25) is 9.05 Å². The first-order valence-electron chi connectivity index (χ1n) is 7.20. The number of phosphoric ester groups is 1. The molecule has 2 heterocycles. The average Bonchev–Trinajstić information content (AvgIpc) is 2.80. The van der Waals surface area contributed by atoms with Gasteiger partial charge in [0.05, 0.1) is 19.8 Å². The zero-order chi connectivity index (χ0) is 19.0. The second kappa shape index (κ2) is 7.78. The van der Waals surface area contributed by atoms with E-state index in [4.69, 9.17) is 14.9 Å². The number of hydrogen-bond donors (Lipinski definition) is 8. The van der Waals surface area contributed by atoms with E-state index in [0.29, 0.717) is 0 Å². The molecule has 25 heavy (non-hydrogen) atoms. The SMILES string of the molecule is O=P(O)(O[C@@H]1[C@@H](CO)O[C@](O)(CO)[C@H]1O)O[C@H]1C(O)OC[C@H](O)[C@@H]1O. The fourth-order valence-corrected chi connectivity index (χ4v) is 3.63.